The molecule has 0 aromatic rings. The van der Waals surface area contributed by atoms with Crippen LogP contribution in [0.4, 0.5) is 0 Å². The average Bonchev–Trinajstić information content (AvgIpc) is 2.33. The van der Waals surface area contributed by atoms with Crippen molar-refractivity contribution in [2.24, 2.45) is 0 Å². The zero-order valence-electron chi connectivity index (χ0n) is 9.37. The van der Waals surface area contributed by atoms with E-state index in [2.05, 4.69) is 0 Å². The maximum absolute atomic E-state index is 6.00. The molecule has 0 amide bonds. The van der Waals surface area contributed by atoms with Gasteiger partial charge in [0, 0.05) is 64.7 Å². The van der Waals surface area contributed by atoms with Gasteiger partial charge in [-0.2, -0.15) is 0 Å². The normalized spacial score (nSPS) is 0.600. The van der Waals surface area contributed by atoms with E-state index in [4.69, 9.17) is 64.7 Å². The lowest BCUT2D eigenvalue weighted by molar-refractivity contribution is 0.823. The highest BCUT2D eigenvalue weighted by Crippen LogP contribution is 0.603. The van der Waals surface area contributed by atoms with Crippen molar-refractivity contribution < 1.29 is 43.8 Å². The van der Waals surface area contributed by atoms with Crippen molar-refractivity contribution in [1.82, 2.24) is 0 Å². The first-order valence-corrected chi connectivity index (χ1v) is 1.20. The molecule has 20 nitrogen and oxygen atoms in total. The molecule has 0 fully saturated rings. The molecule has 0 heterocycles. The number of rotatable bonds is 0. The SMILES string of the molecule is N#N.N#N.N#N.N#N.N#N.N#N.O.O.O.O.O.O.O.O. The molecule has 0 spiro atoms. The lowest BCUT2D eigenvalue weighted by atomic mass is 13.4. The second kappa shape index (κ2) is 212. The molecule has 0 aliphatic carbocycles. The molecule has 20 heteroatoms. The van der Waals surface area contributed by atoms with Gasteiger partial charge >= 0.3 is 0 Å². The van der Waals surface area contributed by atoms with Crippen molar-refractivity contribution in [1.29, 1.82) is 64.7 Å². The molecule has 124 valence electrons. The van der Waals surface area contributed by atoms with Gasteiger partial charge in [0.15, 0.2) is 0 Å². The molecular weight excluding hydrogens is 296 g/mol. The Balaban J connectivity index is -0.00000000167. The first-order valence-electron chi connectivity index (χ1n) is 1.20. The van der Waals surface area contributed by atoms with Gasteiger partial charge in [-0.05, 0) is 0 Å². The van der Waals surface area contributed by atoms with Crippen LogP contribution in [0.2, 0.25) is 0 Å². The van der Waals surface area contributed by atoms with Crippen molar-refractivity contribution >= 4 is 0 Å². The van der Waals surface area contributed by atoms with E-state index in [1.165, 1.54) is 0 Å². The Kier molecular flexibility index (Phi) is 8210. The van der Waals surface area contributed by atoms with E-state index in [0.717, 1.165) is 0 Å². The summed E-state index contributed by atoms with van der Waals surface area (Å²) >= 11 is 0. The van der Waals surface area contributed by atoms with E-state index in [1.807, 2.05) is 0 Å². The minimum atomic E-state index is 0. The van der Waals surface area contributed by atoms with Crippen molar-refractivity contribution in [3.05, 3.63) is 0 Å². The fourth-order valence-corrected chi connectivity index (χ4v) is 0. The highest BCUT2D eigenvalue weighted by molar-refractivity contribution is 2.31. The molecule has 0 aliphatic heterocycles. The first kappa shape index (κ1) is 773. The van der Waals surface area contributed by atoms with Crippen LogP contribution >= 0.6 is 0 Å². The van der Waals surface area contributed by atoms with Crippen LogP contribution in [0.5, 0.6) is 0 Å². The van der Waals surface area contributed by atoms with Crippen LogP contribution in [0.15, 0.2) is 0 Å². The van der Waals surface area contributed by atoms with E-state index in [1.54, 1.807) is 0 Å². The summed E-state index contributed by atoms with van der Waals surface area (Å²) in [5.74, 6) is 0. The Hall–Kier alpha value is -3.80. The molecule has 0 aromatic heterocycles. The maximum Gasteiger partial charge on any atom is 0 e. The van der Waals surface area contributed by atoms with Crippen LogP contribution < -0.4 is 0 Å². The zero-order chi connectivity index (χ0) is 12.0. The predicted octanol–water partition coefficient (Wildman–Crippen LogP) is -6.42. The lowest BCUT2D eigenvalue weighted by Gasteiger charge is -0.577. The van der Waals surface area contributed by atoms with Gasteiger partial charge in [0.25, 0.3) is 0 Å². The standard InChI is InChI=1S/6N2.8H2O/c6*1-2;;;;;;;;/h;;;;;;8*1H2. The summed E-state index contributed by atoms with van der Waals surface area (Å²) in [7, 11) is 0. The summed E-state index contributed by atoms with van der Waals surface area (Å²) in [6.45, 7) is 0. The van der Waals surface area contributed by atoms with Crippen LogP contribution in [-0.2, 0) is 0 Å². The van der Waals surface area contributed by atoms with Gasteiger partial charge in [0.1, 0.15) is 0 Å². The molecule has 0 aliphatic rings. The minimum Gasteiger partial charge on any atom is -0.412 e. The molecule has 0 radical (unpaired) electrons. The number of hydrogen-bond donors (Lipinski definition) is 0. The lowest BCUT2D eigenvalue weighted by Crippen LogP contribution is -0.562. The third-order valence-corrected chi connectivity index (χ3v) is 0. The molecule has 0 unspecified atom stereocenters. The highest BCUT2D eigenvalue weighted by Gasteiger charge is 0.587. The summed E-state index contributed by atoms with van der Waals surface area (Å²) in [5.41, 5.74) is 0. The molecule has 0 atom stereocenters. The van der Waals surface area contributed by atoms with E-state index in [0.29, 0.717) is 0 Å². The van der Waals surface area contributed by atoms with Gasteiger partial charge < -0.3 is 43.8 Å². The Morgan fingerprint density at radius 1 is 0.150 bits per heavy atom. The van der Waals surface area contributed by atoms with Crippen LogP contribution in [0.3, 0.4) is 0 Å². The second-order valence-corrected chi connectivity index (χ2v) is 0. The molecule has 0 rings (SSSR count). The Morgan fingerprint density at radius 2 is 0.150 bits per heavy atom. The molecule has 20 heavy (non-hydrogen) atoms. The highest BCUT2D eigenvalue weighted by atomic mass is 16.0. The Bertz CT molecular complexity index is 94.5. The summed E-state index contributed by atoms with van der Waals surface area (Å²) in [4.78, 5) is 0. The summed E-state index contributed by atoms with van der Waals surface area (Å²) < 4.78 is 0. The summed E-state index contributed by atoms with van der Waals surface area (Å²) in [5, 5.41) is 72.0. The van der Waals surface area contributed by atoms with Crippen LogP contribution in [0.1, 0.15) is 0 Å². The number of hydrogen-bond acceptors (Lipinski definition) is 12. The van der Waals surface area contributed by atoms with Crippen molar-refractivity contribution in [3.63, 3.8) is 0 Å². The van der Waals surface area contributed by atoms with E-state index in [9.17, 15) is 0 Å². The summed E-state index contributed by atoms with van der Waals surface area (Å²) in [6.07, 6.45) is 0. The fourth-order valence-electron chi connectivity index (χ4n) is 0. The first-order chi connectivity index (χ1) is 6.00. The van der Waals surface area contributed by atoms with Crippen LogP contribution in [0.25, 0.3) is 0 Å². The van der Waals surface area contributed by atoms with E-state index < -0.39 is 0 Å². The third-order valence-electron chi connectivity index (χ3n) is 0. The topological polar surface area (TPSA) is 537 Å². The van der Waals surface area contributed by atoms with E-state index in [-0.39, 0.29) is 43.8 Å². The fraction of sp³-hybridized carbons (Fsp3) is 0. The largest absolute Gasteiger partial charge is 0.412 e. The van der Waals surface area contributed by atoms with Crippen molar-refractivity contribution in [2.75, 3.05) is 0 Å². The second-order valence-electron chi connectivity index (χ2n) is 0. The average molecular weight is 312 g/mol. The van der Waals surface area contributed by atoms with E-state index >= 15 is 0 Å². The number of nitrogens with zero attached hydrogens (tertiary/aromatic N) is 12. The van der Waals surface area contributed by atoms with Gasteiger partial charge in [0.05, 0.1) is 0 Å². The van der Waals surface area contributed by atoms with Gasteiger partial charge in [0.2, 0.25) is 0 Å². The van der Waals surface area contributed by atoms with Crippen LogP contribution in [0, 0.1) is 64.7 Å². The molecule has 0 saturated heterocycles. The summed E-state index contributed by atoms with van der Waals surface area (Å²) in [6, 6.07) is 0. The van der Waals surface area contributed by atoms with Crippen molar-refractivity contribution in [2.45, 2.75) is 0 Å². The molecular formula is H16N12O8. The monoisotopic (exact) mass is 312 g/mol. The minimum absolute atomic E-state index is 0. The zero-order valence-corrected chi connectivity index (χ0v) is 9.37. The molecule has 0 aromatic carbocycles. The van der Waals surface area contributed by atoms with Crippen LogP contribution in [-0.4, -0.2) is 43.8 Å². The smallest absolute Gasteiger partial charge is 0 e. The quantitative estimate of drug-likeness (QED) is 0.376. The maximum atomic E-state index is 6.00. The third kappa shape index (κ3) is 171. The molecule has 0 bridgehead atoms. The van der Waals surface area contributed by atoms with Gasteiger partial charge in [-0.1, -0.05) is 0 Å². The molecule has 16 N–H and O–H groups in total. The Morgan fingerprint density at radius 3 is 0.150 bits per heavy atom. The van der Waals surface area contributed by atoms with Gasteiger partial charge in [-0.3, -0.25) is 0 Å². The van der Waals surface area contributed by atoms with Gasteiger partial charge in [-0.25, -0.2) is 0 Å². The Labute approximate surface area is 110 Å². The van der Waals surface area contributed by atoms with Gasteiger partial charge in [-0.15, -0.1) is 0 Å². The molecule has 0 saturated carbocycles. The predicted molar refractivity (Wildman–Crippen MR) is 49.6 cm³/mol. The van der Waals surface area contributed by atoms with Crippen molar-refractivity contribution in [3.8, 4) is 0 Å².